The molecule has 146 valence electrons. The highest BCUT2D eigenvalue weighted by Crippen LogP contribution is 2.21. The van der Waals surface area contributed by atoms with Gasteiger partial charge >= 0.3 is 0 Å². The van der Waals surface area contributed by atoms with Crippen LogP contribution in [0, 0.1) is 0 Å². The van der Waals surface area contributed by atoms with E-state index >= 15 is 0 Å². The monoisotopic (exact) mass is 402 g/mol. The van der Waals surface area contributed by atoms with Crippen molar-refractivity contribution in [1.29, 1.82) is 0 Å². The number of sulfone groups is 1. The summed E-state index contributed by atoms with van der Waals surface area (Å²) < 4.78 is 49.7. The Labute approximate surface area is 156 Å². The van der Waals surface area contributed by atoms with Crippen molar-refractivity contribution in [3.63, 3.8) is 0 Å². The largest absolute Gasteiger partial charge is 0.335 e. The number of amides is 1. The molecule has 0 aliphatic carbocycles. The summed E-state index contributed by atoms with van der Waals surface area (Å²) in [6.07, 6.45) is 0.441. The van der Waals surface area contributed by atoms with Gasteiger partial charge in [0.15, 0.2) is 9.84 Å². The first-order chi connectivity index (χ1) is 12.2. The molecular weight excluding hydrogens is 376 g/mol. The number of carbonyl (C=O) groups excluding carboxylic acids is 1. The maximum atomic E-state index is 12.8. The maximum Gasteiger partial charge on any atom is 0.254 e. The van der Waals surface area contributed by atoms with Crippen molar-refractivity contribution >= 4 is 25.8 Å². The number of benzene rings is 1. The van der Waals surface area contributed by atoms with Crippen LogP contribution in [0.15, 0.2) is 29.2 Å². The minimum Gasteiger partial charge on any atom is -0.335 e. The molecule has 1 amide bonds. The van der Waals surface area contributed by atoms with E-state index in [4.69, 9.17) is 0 Å². The molecule has 1 fully saturated rings. The average molecular weight is 403 g/mol. The van der Waals surface area contributed by atoms with Crippen molar-refractivity contribution < 1.29 is 21.6 Å². The quantitative estimate of drug-likeness (QED) is 0.687. The molecule has 9 heteroatoms. The molecule has 2 rings (SSSR count). The van der Waals surface area contributed by atoms with E-state index in [2.05, 4.69) is 0 Å². The lowest BCUT2D eigenvalue weighted by atomic mass is 10.1. The third-order valence-corrected chi connectivity index (χ3v) is 8.51. The van der Waals surface area contributed by atoms with Gasteiger partial charge in [0.1, 0.15) is 0 Å². The van der Waals surface area contributed by atoms with E-state index in [-0.39, 0.29) is 28.4 Å². The maximum absolute atomic E-state index is 12.8. The van der Waals surface area contributed by atoms with Gasteiger partial charge in [0, 0.05) is 31.2 Å². The molecule has 0 radical (unpaired) electrons. The molecular formula is C17H26N2O5S2. The Balaban J connectivity index is 2.23. The summed E-state index contributed by atoms with van der Waals surface area (Å²) in [7, 11) is -6.66. The fourth-order valence-corrected chi connectivity index (χ4v) is 6.43. The van der Waals surface area contributed by atoms with Crippen LogP contribution < -0.4 is 0 Å². The van der Waals surface area contributed by atoms with Crippen LogP contribution in [0.2, 0.25) is 0 Å². The molecule has 1 saturated heterocycles. The molecule has 1 heterocycles. The van der Waals surface area contributed by atoms with Crippen molar-refractivity contribution in [3.05, 3.63) is 29.8 Å². The molecule has 0 saturated carbocycles. The summed E-state index contributed by atoms with van der Waals surface area (Å²) in [5, 5.41) is 0. The summed E-state index contributed by atoms with van der Waals surface area (Å²) >= 11 is 0. The molecule has 1 aromatic rings. The van der Waals surface area contributed by atoms with E-state index in [1.54, 1.807) is 18.7 Å². The summed E-state index contributed by atoms with van der Waals surface area (Å²) in [6, 6.07) is 5.52. The summed E-state index contributed by atoms with van der Waals surface area (Å²) in [5.41, 5.74) is 0.356. The smallest absolute Gasteiger partial charge is 0.254 e. The van der Waals surface area contributed by atoms with E-state index in [1.165, 1.54) is 28.6 Å². The lowest BCUT2D eigenvalue weighted by Gasteiger charge is -2.27. The minimum absolute atomic E-state index is 0.0129. The van der Waals surface area contributed by atoms with Crippen molar-refractivity contribution in [2.75, 3.05) is 31.1 Å². The number of carbonyl (C=O) groups is 1. The average Bonchev–Trinajstić information content (AvgIpc) is 2.96. The highest BCUT2D eigenvalue weighted by molar-refractivity contribution is 7.91. The van der Waals surface area contributed by atoms with E-state index in [1.807, 2.05) is 6.92 Å². The predicted octanol–water partition coefficient (Wildman–Crippen LogP) is 1.37. The molecule has 0 spiro atoms. The van der Waals surface area contributed by atoms with Crippen LogP contribution in [0.5, 0.6) is 0 Å². The van der Waals surface area contributed by atoms with Crippen LogP contribution in [0.1, 0.15) is 37.6 Å². The van der Waals surface area contributed by atoms with Crippen LogP contribution in [-0.2, 0) is 19.9 Å². The van der Waals surface area contributed by atoms with Gasteiger partial charge in [0.05, 0.1) is 16.4 Å². The molecule has 1 aromatic carbocycles. The van der Waals surface area contributed by atoms with Crippen LogP contribution >= 0.6 is 0 Å². The fourth-order valence-electron chi connectivity index (χ4n) is 3.24. The fraction of sp³-hybridized carbons (Fsp3) is 0.588. The van der Waals surface area contributed by atoms with Gasteiger partial charge in [-0.05, 0) is 37.6 Å². The van der Waals surface area contributed by atoms with Crippen LogP contribution in [0.4, 0.5) is 0 Å². The molecule has 0 bridgehead atoms. The van der Waals surface area contributed by atoms with Crippen molar-refractivity contribution in [1.82, 2.24) is 9.21 Å². The minimum atomic E-state index is -3.57. The Hall–Kier alpha value is -1.45. The Kier molecular flexibility index (Phi) is 6.46. The van der Waals surface area contributed by atoms with Gasteiger partial charge in [-0.1, -0.05) is 13.8 Å². The Morgan fingerprint density at radius 2 is 1.65 bits per heavy atom. The van der Waals surface area contributed by atoms with Crippen molar-refractivity contribution in [2.45, 2.75) is 38.1 Å². The van der Waals surface area contributed by atoms with E-state index in [0.717, 1.165) is 0 Å². The van der Waals surface area contributed by atoms with Gasteiger partial charge in [-0.2, -0.15) is 4.31 Å². The zero-order chi connectivity index (χ0) is 19.5. The molecule has 1 atom stereocenters. The highest BCUT2D eigenvalue weighted by atomic mass is 32.2. The normalized spacial score (nSPS) is 19.6. The molecule has 0 unspecified atom stereocenters. The van der Waals surface area contributed by atoms with E-state index < -0.39 is 19.9 Å². The SMILES string of the molecule is CCN(C(=O)c1ccc(S(=O)(=O)N(CC)CC)cc1)[C@@H]1CCS(=O)(=O)C1. The Bertz CT molecular complexity index is 844. The predicted molar refractivity (Wildman–Crippen MR) is 100 cm³/mol. The number of hydrogen-bond donors (Lipinski definition) is 0. The van der Waals surface area contributed by atoms with E-state index in [9.17, 15) is 21.6 Å². The van der Waals surface area contributed by atoms with Crippen LogP contribution in [0.25, 0.3) is 0 Å². The highest BCUT2D eigenvalue weighted by Gasteiger charge is 2.34. The number of nitrogens with zero attached hydrogens (tertiary/aromatic N) is 2. The first-order valence-corrected chi connectivity index (χ1v) is 12.0. The summed E-state index contributed by atoms with van der Waals surface area (Å²) in [5.74, 6) is -0.190. The van der Waals surface area contributed by atoms with Crippen LogP contribution in [0.3, 0.4) is 0 Å². The standard InChI is InChI=1S/C17H26N2O5S2/c1-4-18(5-2)26(23,24)16-9-7-14(8-10-16)17(20)19(6-3)15-11-12-25(21,22)13-15/h7-10,15H,4-6,11-13H2,1-3H3/t15-/m1/s1. The molecule has 1 aliphatic rings. The lowest BCUT2D eigenvalue weighted by molar-refractivity contribution is 0.0708. The summed E-state index contributed by atoms with van der Waals surface area (Å²) in [4.78, 5) is 14.4. The lowest BCUT2D eigenvalue weighted by Crippen LogP contribution is -2.41. The molecule has 26 heavy (non-hydrogen) atoms. The Morgan fingerprint density at radius 3 is 2.08 bits per heavy atom. The number of rotatable bonds is 7. The first-order valence-electron chi connectivity index (χ1n) is 8.77. The summed E-state index contributed by atoms with van der Waals surface area (Å²) in [6.45, 7) is 6.50. The van der Waals surface area contributed by atoms with Gasteiger partial charge in [-0.25, -0.2) is 16.8 Å². The second-order valence-corrected chi connectivity index (χ2v) is 10.4. The van der Waals surface area contributed by atoms with Gasteiger partial charge in [0.2, 0.25) is 10.0 Å². The van der Waals surface area contributed by atoms with Crippen molar-refractivity contribution in [3.8, 4) is 0 Å². The topological polar surface area (TPSA) is 91.8 Å². The number of sulfonamides is 1. The van der Waals surface area contributed by atoms with Gasteiger partial charge < -0.3 is 4.90 Å². The van der Waals surface area contributed by atoms with Crippen LogP contribution in [-0.4, -0.2) is 69.1 Å². The first kappa shape index (κ1) is 20.9. The second-order valence-electron chi connectivity index (χ2n) is 6.26. The molecule has 1 aliphatic heterocycles. The van der Waals surface area contributed by atoms with Gasteiger partial charge in [0.25, 0.3) is 5.91 Å². The second kappa shape index (κ2) is 8.06. The Morgan fingerprint density at radius 1 is 1.08 bits per heavy atom. The van der Waals surface area contributed by atoms with Gasteiger partial charge in [-0.3, -0.25) is 4.79 Å². The van der Waals surface area contributed by atoms with Gasteiger partial charge in [-0.15, -0.1) is 0 Å². The zero-order valence-corrected chi connectivity index (χ0v) is 17.0. The third-order valence-electron chi connectivity index (χ3n) is 4.70. The van der Waals surface area contributed by atoms with Crippen molar-refractivity contribution in [2.24, 2.45) is 0 Å². The third kappa shape index (κ3) is 4.27. The molecule has 7 nitrogen and oxygen atoms in total. The van der Waals surface area contributed by atoms with E-state index in [0.29, 0.717) is 31.6 Å². The molecule has 0 N–H and O–H groups in total. The zero-order valence-electron chi connectivity index (χ0n) is 15.4. The number of hydrogen-bond acceptors (Lipinski definition) is 5. The molecule has 0 aromatic heterocycles.